The molecular weight excluding hydrogens is 268 g/mol. The standard InChI is InChI=1S/C16H18N2OS/c1-2-20-15-6-4-3-5-14(15)18-11-12-7-9-13(10-8-12)16(17)19/h3-10,18H,2,11H2,1H3,(H2,17,19). The van der Waals surface area contributed by atoms with Gasteiger partial charge in [0.2, 0.25) is 5.91 Å². The Morgan fingerprint density at radius 2 is 1.85 bits per heavy atom. The molecule has 0 aliphatic heterocycles. The van der Waals surface area contributed by atoms with E-state index in [1.807, 2.05) is 36.0 Å². The van der Waals surface area contributed by atoms with Crippen molar-refractivity contribution >= 4 is 23.4 Å². The molecule has 0 spiro atoms. The first-order valence-electron chi connectivity index (χ1n) is 6.55. The number of nitrogens with one attached hydrogen (secondary N) is 1. The van der Waals surface area contributed by atoms with Gasteiger partial charge in [-0.2, -0.15) is 0 Å². The summed E-state index contributed by atoms with van der Waals surface area (Å²) >= 11 is 1.82. The molecule has 0 heterocycles. The Bertz CT molecular complexity index is 581. The van der Waals surface area contributed by atoms with E-state index in [4.69, 9.17) is 5.73 Å². The van der Waals surface area contributed by atoms with Crippen LogP contribution in [0.1, 0.15) is 22.8 Å². The number of anilines is 1. The average molecular weight is 286 g/mol. The maximum absolute atomic E-state index is 11.0. The topological polar surface area (TPSA) is 55.1 Å². The highest BCUT2D eigenvalue weighted by Gasteiger charge is 2.02. The summed E-state index contributed by atoms with van der Waals surface area (Å²) in [4.78, 5) is 12.3. The Hall–Kier alpha value is -1.94. The molecule has 0 bridgehead atoms. The largest absolute Gasteiger partial charge is 0.380 e. The van der Waals surface area contributed by atoms with Crippen molar-refractivity contribution in [2.45, 2.75) is 18.4 Å². The van der Waals surface area contributed by atoms with Gasteiger partial charge in [0.1, 0.15) is 0 Å². The van der Waals surface area contributed by atoms with Crippen LogP contribution < -0.4 is 11.1 Å². The number of hydrogen-bond acceptors (Lipinski definition) is 3. The Kier molecular flexibility index (Phi) is 5.07. The van der Waals surface area contributed by atoms with Gasteiger partial charge in [-0.25, -0.2) is 0 Å². The number of carbonyl (C=O) groups is 1. The fourth-order valence-corrected chi connectivity index (χ4v) is 2.66. The third-order valence-electron chi connectivity index (χ3n) is 2.91. The number of rotatable bonds is 6. The molecule has 104 valence electrons. The molecule has 0 fully saturated rings. The second kappa shape index (κ2) is 7.01. The summed E-state index contributed by atoms with van der Waals surface area (Å²) in [5.41, 5.74) is 8.02. The number of hydrogen-bond donors (Lipinski definition) is 2. The Morgan fingerprint density at radius 1 is 1.15 bits per heavy atom. The van der Waals surface area contributed by atoms with Crippen molar-refractivity contribution in [1.29, 1.82) is 0 Å². The lowest BCUT2D eigenvalue weighted by molar-refractivity contribution is 0.100. The highest BCUT2D eigenvalue weighted by molar-refractivity contribution is 7.99. The van der Waals surface area contributed by atoms with Gasteiger partial charge in [-0.3, -0.25) is 4.79 Å². The number of nitrogens with two attached hydrogens (primary N) is 1. The molecule has 20 heavy (non-hydrogen) atoms. The molecule has 0 atom stereocenters. The van der Waals surface area contributed by atoms with Gasteiger partial charge in [-0.1, -0.05) is 31.2 Å². The van der Waals surface area contributed by atoms with Gasteiger partial charge < -0.3 is 11.1 Å². The Morgan fingerprint density at radius 3 is 2.50 bits per heavy atom. The molecule has 0 saturated carbocycles. The molecule has 0 aromatic heterocycles. The maximum Gasteiger partial charge on any atom is 0.248 e. The molecular formula is C16H18N2OS. The number of benzene rings is 2. The number of para-hydroxylation sites is 1. The van der Waals surface area contributed by atoms with Crippen LogP contribution in [0.25, 0.3) is 0 Å². The summed E-state index contributed by atoms with van der Waals surface area (Å²) < 4.78 is 0. The van der Waals surface area contributed by atoms with Crippen LogP contribution in [0.15, 0.2) is 53.4 Å². The molecule has 0 saturated heterocycles. The Labute approximate surface area is 123 Å². The molecule has 0 aliphatic rings. The minimum atomic E-state index is -0.394. The van der Waals surface area contributed by atoms with Crippen molar-refractivity contribution < 1.29 is 4.79 Å². The van der Waals surface area contributed by atoms with E-state index in [0.717, 1.165) is 23.5 Å². The molecule has 1 amide bonds. The smallest absolute Gasteiger partial charge is 0.248 e. The van der Waals surface area contributed by atoms with Crippen LogP contribution in [-0.4, -0.2) is 11.7 Å². The van der Waals surface area contributed by atoms with Crippen molar-refractivity contribution in [1.82, 2.24) is 0 Å². The zero-order valence-corrected chi connectivity index (χ0v) is 12.2. The fourth-order valence-electron chi connectivity index (χ4n) is 1.88. The molecule has 3 nitrogen and oxygen atoms in total. The summed E-state index contributed by atoms with van der Waals surface area (Å²) in [5, 5.41) is 3.43. The summed E-state index contributed by atoms with van der Waals surface area (Å²) in [5.74, 6) is 0.653. The zero-order chi connectivity index (χ0) is 14.4. The van der Waals surface area contributed by atoms with Gasteiger partial charge in [-0.05, 0) is 35.6 Å². The van der Waals surface area contributed by atoms with E-state index in [2.05, 4.69) is 24.4 Å². The van der Waals surface area contributed by atoms with E-state index < -0.39 is 5.91 Å². The summed E-state index contributed by atoms with van der Waals surface area (Å²) in [6.07, 6.45) is 0. The summed E-state index contributed by atoms with van der Waals surface area (Å²) in [6.45, 7) is 2.87. The predicted molar refractivity (Wildman–Crippen MR) is 85.1 cm³/mol. The van der Waals surface area contributed by atoms with Crippen molar-refractivity contribution in [3.63, 3.8) is 0 Å². The molecule has 2 rings (SSSR count). The lowest BCUT2D eigenvalue weighted by atomic mass is 10.1. The van der Waals surface area contributed by atoms with Gasteiger partial charge in [0.05, 0.1) is 0 Å². The summed E-state index contributed by atoms with van der Waals surface area (Å²) in [6, 6.07) is 15.6. The van der Waals surface area contributed by atoms with Crippen LogP contribution in [0.3, 0.4) is 0 Å². The van der Waals surface area contributed by atoms with E-state index in [1.165, 1.54) is 4.90 Å². The first-order valence-corrected chi connectivity index (χ1v) is 7.53. The van der Waals surface area contributed by atoms with Crippen molar-refractivity contribution in [2.24, 2.45) is 5.73 Å². The van der Waals surface area contributed by atoms with Crippen LogP contribution in [-0.2, 0) is 6.54 Å². The van der Waals surface area contributed by atoms with Crippen LogP contribution in [0.5, 0.6) is 0 Å². The Balaban J connectivity index is 2.03. The first kappa shape index (κ1) is 14.5. The molecule has 3 N–H and O–H groups in total. The van der Waals surface area contributed by atoms with Crippen molar-refractivity contribution in [3.05, 3.63) is 59.7 Å². The van der Waals surface area contributed by atoms with Crippen LogP contribution in [0.4, 0.5) is 5.69 Å². The maximum atomic E-state index is 11.0. The lowest BCUT2D eigenvalue weighted by Crippen LogP contribution is -2.10. The highest BCUT2D eigenvalue weighted by Crippen LogP contribution is 2.26. The van der Waals surface area contributed by atoms with Crippen LogP contribution >= 0.6 is 11.8 Å². The normalized spacial score (nSPS) is 10.2. The van der Waals surface area contributed by atoms with E-state index >= 15 is 0 Å². The van der Waals surface area contributed by atoms with E-state index in [-0.39, 0.29) is 0 Å². The quantitative estimate of drug-likeness (QED) is 0.799. The van der Waals surface area contributed by atoms with Crippen LogP contribution in [0.2, 0.25) is 0 Å². The third-order valence-corrected chi connectivity index (χ3v) is 3.86. The monoisotopic (exact) mass is 286 g/mol. The van der Waals surface area contributed by atoms with Gasteiger partial charge in [0.15, 0.2) is 0 Å². The second-order valence-corrected chi connectivity index (χ2v) is 5.65. The number of amides is 1. The minimum Gasteiger partial charge on any atom is -0.380 e. The first-order chi connectivity index (χ1) is 9.70. The highest BCUT2D eigenvalue weighted by atomic mass is 32.2. The third kappa shape index (κ3) is 3.78. The fraction of sp³-hybridized carbons (Fsp3) is 0.188. The molecule has 2 aromatic rings. The molecule has 0 aliphatic carbocycles. The van der Waals surface area contributed by atoms with E-state index in [1.54, 1.807) is 12.1 Å². The van der Waals surface area contributed by atoms with Gasteiger partial charge in [0, 0.05) is 22.7 Å². The van der Waals surface area contributed by atoms with E-state index in [0.29, 0.717) is 5.56 Å². The number of primary amides is 1. The average Bonchev–Trinajstić information content (AvgIpc) is 2.47. The molecule has 0 unspecified atom stereocenters. The molecule has 0 radical (unpaired) electrons. The van der Waals surface area contributed by atoms with Crippen LogP contribution in [0, 0.1) is 0 Å². The zero-order valence-electron chi connectivity index (χ0n) is 11.4. The van der Waals surface area contributed by atoms with E-state index in [9.17, 15) is 4.79 Å². The van der Waals surface area contributed by atoms with Gasteiger partial charge in [-0.15, -0.1) is 11.8 Å². The molecule has 2 aromatic carbocycles. The van der Waals surface area contributed by atoms with Gasteiger partial charge in [0.25, 0.3) is 0 Å². The second-order valence-electron chi connectivity index (χ2n) is 4.34. The van der Waals surface area contributed by atoms with Gasteiger partial charge >= 0.3 is 0 Å². The number of carbonyl (C=O) groups excluding carboxylic acids is 1. The summed E-state index contributed by atoms with van der Waals surface area (Å²) in [7, 11) is 0. The molecule has 4 heteroatoms. The van der Waals surface area contributed by atoms with Crippen molar-refractivity contribution in [3.8, 4) is 0 Å². The predicted octanol–water partition coefficient (Wildman–Crippen LogP) is 3.51. The SMILES string of the molecule is CCSc1ccccc1NCc1ccc(C(N)=O)cc1. The minimum absolute atomic E-state index is 0.394. The lowest BCUT2D eigenvalue weighted by Gasteiger charge is -2.11. The van der Waals surface area contributed by atoms with Crippen molar-refractivity contribution in [2.75, 3.05) is 11.1 Å². The number of thioether (sulfide) groups is 1.